The van der Waals surface area contributed by atoms with Crippen LogP contribution in [0.4, 0.5) is 0 Å². The minimum atomic E-state index is -0.334. The van der Waals surface area contributed by atoms with Crippen molar-refractivity contribution in [3.05, 3.63) is 32.7 Å². The number of carbonyl (C=O) groups excluding carboxylic acids is 2. The van der Waals surface area contributed by atoms with Crippen molar-refractivity contribution in [2.45, 2.75) is 0 Å². The number of halogens is 2. The van der Waals surface area contributed by atoms with E-state index in [1.54, 1.807) is 0 Å². The summed E-state index contributed by atoms with van der Waals surface area (Å²) in [6, 6.07) is 0. The van der Waals surface area contributed by atoms with E-state index in [0.29, 0.717) is 0 Å². The summed E-state index contributed by atoms with van der Waals surface area (Å²) >= 11 is 6.05. The first-order valence-electron chi connectivity index (χ1n) is 3.58. The molecule has 0 fully saturated rings. The van der Waals surface area contributed by atoms with Crippen LogP contribution in [-0.2, 0) is 0 Å². The Labute approximate surface area is 95.7 Å². The Balaban J connectivity index is 2.73. The molecule has 0 atom stereocenters. The van der Waals surface area contributed by atoms with E-state index in [2.05, 4.69) is 41.8 Å². The van der Waals surface area contributed by atoms with E-state index in [0.717, 1.165) is 0 Å². The highest BCUT2D eigenvalue weighted by molar-refractivity contribution is 9.14. The Morgan fingerprint density at radius 3 is 1.57 bits per heavy atom. The molecule has 0 saturated heterocycles. The lowest BCUT2D eigenvalue weighted by Gasteiger charge is -2.11. The fourth-order valence-corrected chi connectivity index (χ4v) is 1.81. The smallest absolute Gasteiger partial charge is 0.221 e. The third kappa shape index (κ3) is 1.26. The maximum absolute atomic E-state index is 11.6. The van der Waals surface area contributed by atoms with Crippen molar-refractivity contribution >= 4 is 43.4 Å². The van der Waals surface area contributed by atoms with Crippen LogP contribution < -0.4 is 0 Å². The Morgan fingerprint density at radius 2 is 1.21 bits per heavy atom. The molecule has 2 rings (SSSR count). The third-order valence-electron chi connectivity index (χ3n) is 1.72. The minimum absolute atomic E-state index is 0.0903. The summed E-state index contributed by atoms with van der Waals surface area (Å²) in [6.07, 6.45) is 2.76. The number of hydrogen-bond acceptors (Lipinski definition) is 4. The van der Waals surface area contributed by atoms with Crippen molar-refractivity contribution in [1.82, 2.24) is 9.97 Å². The van der Waals surface area contributed by atoms with Crippen LogP contribution in [0.5, 0.6) is 0 Å². The molecule has 1 heterocycles. The summed E-state index contributed by atoms with van der Waals surface area (Å²) in [7, 11) is 0. The summed E-state index contributed by atoms with van der Waals surface area (Å²) in [5.74, 6) is -0.667. The normalized spacial score (nSPS) is 15.9. The van der Waals surface area contributed by atoms with Crippen LogP contribution in [0.15, 0.2) is 21.4 Å². The average molecular weight is 318 g/mol. The van der Waals surface area contributed by atoms with E-state index in [-0.39, 0.29) is 31.9 Å². The van der Waals surface area contributed by atoms with Gasteiger partial charge in [0.15, 0.2) is 0 Å². The summed E-state index contributed by atoms with van der Waals surface area (Å²) in [6.45, 7) is 0. The lowest BCUT2D eigenvalue weighted by atomic mass is 10.1. The predicted molar refractivity (Wildman–Crippen MR) is 55.6 cm³/mol. The summed E-state index contributed by atoms with van der Waals surface area (Å²) in [5, 5.41) is 0. The molecule has 0 aromatic carbocycles. The van der Waals surface area contributed by atoms with Crippen LogP contribution in [-0.4, -0.2) is 21.5 Å². The molecule has 0 spiro atoms. The lowest BCUT2D eigenvalue weighted by molar-refractivity contribution is 0.0982. The number of Topliss-reactive ketones (excluding diaryl/α,β-unsaturated/α-hetero) is 2. The van der Waals surface area contributed by atoms with E-state index >= 15 is 0 Å². The van der Waals surface area contributed by atoms with Crippen molar-refractivity contribution in [1.29, 1.82) is 0 Å². The van der Waals surface area contributed by atoms with Crippen molar-refractivity contribution < 1.29 is 9.59 Å². The molecule has 0 amide bonds. The highest BCUT2D eigenvalue weighted by Crippen LogP contribution is 2.30. The van der Waals surface area contributed by atoms with Gasteiger partial charge < -0.3 is 0 Å². The molecule has 4 nitrogen and oxygen atoms in total. The van der Waals surface area contributed by atoms with Gasteiger partial charge in [-0.1, -0.05) is 0 Å². The standard InChI is InChI=1S/C8H2Br2N2O2/c9-3-4(10)8(14)6-5(7(3)13)11-1-2-12-6/h1-2H. The largest absolute Gasteiger partial charge is 0.286 e. The number of carbonyl (C=O) groups is 2. The average Bonchev–Trinajstić information content (AvgIpc) is 2.23. The molecule has 1 aliphatic carbocycles. The molecule has 14 heavy (non-hydrogen) atoms. The number of nitrogens with zero attached hydrogens (tertiary/aromatic N) is 2. The number of rotatable bonds is 0. The van der Waals surface area contributed by atoms with E-state index < -0.39 is 0 Å². The maximum Gasteiger partial charge on any atom is 0.221 e. The van der Waals surface area contributed by atoms with Crippen LogP contribution in [0.1, 0.15) is 21.0 Å². The molecule has 6 heteroatoms. The van der Waals surface area contributed by atoms with Crippen molar-refractivity contribution in [2.75, 3.05) is 0 Å². The second-order valence-electron chi connectivity index (χ2n) is 2.54. The van der Waals surface area contributed by atoms with Gasteiger partial charge in [0.05, 0.1) is 8.96 Å². The quantitative estimate of drug-likeness (QED) is 0.733. The number of ketones is 2. The predicted octanol–water partition coefficient (Wildman–Crippen LogP) is 1.86. The van der Waals surface area contributed by atoms with E-state index in [1.165, 1.54) is 12.4 Å². The number of aromatic nitrogens is 2. The Hall–Kier alpha value is -0.880. The molecule has 70 valence electrons. The van der Waals surface area contributed by atoms with E-state index in [4.69, 9.17) is 0 Å². The van der Waals surface area contributed by atoms with Gasteiger partial charge in [-0.15, -0.1) is 0 Å². The SMILES string of the molecule is O=C1C(Br)=C(Br)C(=O)c2nccnc21. The van der Waals surface area contributed by atoms with Gasteiger partial charge in [0.2, 0.25) is 11.6 Å². The van der Waals surface area contributed by atoms with Gasteiger partial charge >= 0.3 is 0 Å². The summed E-state index contributed by atoms with van der Waals surface area (Å²) in [4.78, 5) is 30.8. The highest BCUT2D eigenvalue weighted by Gasteiger charge is 2.31. The van der Waals surface area contributed by atoms with Crippen LogP contribution in [0.25, 0.3) is 0 Å². The Morgan fingerprint density at radius 1 is 0.857 bits per heavy atom. The third-order valence-corrected chi connectivity index (χ3v) is 3.77. The minimum Gasteiger partial charge on any atom is -0.286 e. The van der Waals surface area contributed by atoms with Crippen LogP contribution >= 0.6 is 31.9 Å². The van der Waals surface area contributed by atoms with Crippen LogP contribution in [0.3, 0.4) is 0 Å². The zero-order valence-electron chi connectivity index (χ0n) is 6.62. The van der Waals surface area contributed by atoms with Gasteiger partial charge in [0.1, 0.15) is 11.4 Å². The molecule has 0 radical (unpaired) electrons. The molecule has 1 aromatic heterocycles. The highest BCUT2D eigenvalue weighted by atomic mass is 79.9. The van der Waals surface area contributed by atoms with Crippen molar-refractivity contribution in [3.63, 3.8) is 0 Å². The molecule has 0 aliphatic heterocycles. The zero-order chi connectivity index (χ0) is 10.3. The fourth-order valence-electron chi connectivity index (χ4n) is 1.08. The molecule has 0 bridgehead atoms. The maximum atomic E-state index is 11.6. The Kier molecular flexibility index (Phi) is 2.32. The first-order chi connectivity index (χ1) is 6.63. The molecule has 1 aromatic rings. The fraction of sp³-hybridized carbons (Fsp3) is 0. The lowest BCUT2D eigenvalue weighted by Crippen LogP contribution is -2.20. The zero-order valence-corrected chi connectivity index (χ0v) is 9.79. The van der Waals surface area contributed by atoms with Crippen molar-refractivity contribution in [3.8, 4) is 0 Å². The molecular formula is C8H2Br2N2O2. The van der Waals surface area contributed by atoms with E-state index in [1.807, 2.05) is 0 Å². The van der Waals surface area contributed by atoms with Gasteiger partial charge in [-0.3, -0.25) is 9.59 Å². The van der Waals surface area contributed by atoms with E-state index in [9.17, 15) is 9.59 Å². The Bertz CT molecular complexity index is 439. The molecule has 1 aliphatic rings. The summed E-state index contributed by atoms with van der Waals surface area (Å²) in [5.41, 5.74) is 0.181. The van der Waals surface area contributed by atoms with Gasteiger partial charge in [-0.05, 0) is 31.9 Å². The van der Waals surface area contributed by atoms with Crippen molar-refractivity contribution in [2.24, 2.45) is 0 Å². The van der Waals surface area contributed by atoms with Crippen LogP contribution in [0.2, 0.25) is 0 Å². The summed E-state index contributed by atoms with van der Waals surface area (Å²) < 4.78 is 0.381. The number of fused-ring (bicyclic) bond motifs is 1. The second kappa shape index (κ2) is 3.36. The number of allylic oxidation sites excluding steroid dienone is 2. The first kappa shape index (κ1) is 9.67. The second-order valence-corrected chi connectivity index (χ2v) is 4.13. The topological polar surface area (TPSA) is 59.9 Å². The molecule has 0 N–H and O–H groups in total. The molecule has 0 unspecified atom stereocenters. The van der Waals surface area contributed by atoms with Crippen LogP contribution in [0, 0.1) is 0 Å². The van der Waals surface area contributed by atoms with Gasteiger partial charge in [0, 0.05) is 12.4 Å². The van der Waals surface area contributed by atoms with Gasteiger partial charge in [0.25, 0.3) is 0 Å². The monoisotopic (exact) mass is 316 g/mol. The number of hydrogen-bond donors (Lipinski definition) is 0. The first-order valence-corrected chi connectivity index (χ1v) is 5.17. The van der Waals surface area contributed by atoms with Gasteiger partial charge in [-0.2, -0.15) is 0 Å². The van der Waals surface area contributed by atoms with Gasteiger partial charge in [-0.25, -0.2) is 9.97 Å². The molecular weight excluding hydrogens is 316 g/mol. The molecule has 0 saturated carbocycles.